The standard InChI is InChI=1S/C15H19N/c1-6-14(10-16-11(2)3)15-8-7-12(4)9-13(15)5/h6-10H,2H2,1,3-5H3/b14-6+,16-10-. The first-order valence-corrected chi connectivity index (χ1v) is 5.48. The Morgan fingerprint density at radius 2 is 2.00 bits per heavy atom. The Kier molecular flexibility index (Phi) is 4.24. The van der Waals surface area contributed by atoms with Crippen molar-refractivity contribution < 1.29 is 0 Å². The molecule has 16 heavy (non-hydrogen) atoms. The molecule has 1 aromatic rings. The molecule has 0 aliphatic carbocycles. The molecule has 0 aromatic heterocycles. The van der Waals surface area contributed by atoms with Crippen LogP contribution >= 0.6 is 0 Å². The molecule has 1 heteroatoms. The molecular formula is C15H19N. The van der Waals surface area contributed by atoms with E-state index in [0.29, 0.717) is 0 Å². The summed E-state index contributed by atoms with van der Waals surface area (Å²) >= 11 is 0. The van der Waals surface area contributed by atoms with Crippen molar-refractivity contribution in [1.82, 2.24) is 0 Å². The zero-order chi connectivity index (χ0) is 12.1. The van der Waals surface area contributed by atoms with E-state index in [1.54, 1.807) is 0 Å². The molecule has 0 saturated carbocycles. The van der Waals surface area contributed by atoms with Crippen LogP contribution in [0.25, 0.3) is 5.57 Å². The third-order valence-electron chi connectivity index (χ3n) is 2.43. The van der Waals surface area contributed by atoms with Gasteiger partial charge in [0.15, 0.2) is 0 Å². The second kappa shape index (κ2) is 5.45. The van der Waals surface area contributed by atoms with Crippen molar-refractivity contribution in [2.75, 3.05) is 0 Å². The topological polar surface area (TPSA) is 12.4 Å². The monoisotopic (exact) mass is 213 g/mol. The number of nitrogens with zero attached hydrogens (tertiary/aromatic N) is 1. The fourth-order valence-electron chi connectivity index (χ4n) is 1.62. The summed E-state index contributed by atoms with van der Waals surface area (Å²) < 4.78 is 0. The van der Waals surface area contributed by atoms with Crippen LogP contribution in [0.5, 0.6) is 0 Å². The Labute approximate surface area is 98.2 Å². The second-order valence-corrected chi connectivity index (χ2v) is 4.06. The maximum Gasteiger partial charge on any atom is 0.0346 e. The van der Waals surface area contributed by atoms with Gasteiger partial charge < -0.3 is 0 Å². The van der Waals surface area contributed by atoms with E-state index in [4.69, 9.17) is 0 Å². The van der Waals surface area contributed by atoms with Crippen molar-refractivity contribution in [3.63, 3.8) is 0 Å². The first kappa shape index (κ1) is 12.4. The first-order valence-electron chi connectivity index (χ1n) is 5.48. The second-order valence-electron chi connectivity index (χ2n) is 4.06. The normalized spacial score (nSPS) is 12.1. The lowest BCUT2D eigenvalue weighted by Gasteiger charge is -2.07. The van der Waals surface area contributed by atoms with E-state index in [2.05, 4.69) is 49.7 Å². The van der Waals surface area contributed by atoms with E-state index in [1.807, 2.05) is 20.1 Å². The zero-order valence-electron chi connectivity index (χ0n) is 10.5. The lowest BCUT2D eigenvalue weighted by molar-refractivity contribution is 1.33. The van der Waals surface area contributed by atoms with Crippen molar-refractivity contribution in [2.24, 2.45) is 4.99 Å². The van der Waals surface area contributed by atoms with Crippen molar-refractivity contribution >= 4 is 11.8 Å². The maximum atomic E-state index is 4.25. The molecule has 0 spiro atoms. The van der Waals surface area contributed by atoms with Crippen LogP contribution in [-0.2, 0) is 0 Å². The van der Waals surface area contributed by atoms with Gasteiger partial charge in [-0.05, 0) is 44.4 Å². The van der Waals surface area contributed by atoms with Crippen LogP contribution in [0.15, 0.2) is 41.5 Å². The summed E-state index contributed by atoms with van der Waals surface area (Å²) in [7, 11) is 0. The minimum absolute atomic E-state index is 0.823. The molecule has 0 aliphatic heterocycles. The van der Waals surface area contributed by atoms with Gasteiger partial charge in [-0.25, -0.2) is 0 Å². The molecule has 1 nitrogen and oxygen atoms in total. The van der Waals surface area contributed by atoms with Crippen molar-refractivity contribution in [3.05, 3.63) is 53.2 Å². The molecule has 0 heterocycles. The average molecular weight is 213 g/mol. The molecule has 84 valence electrons. The van der Waals surface area contributed by atoms with Crippen LogP contribution in [0.3, 0.4) is 0 Å². The van der Waals surface area contributed by atoms with Crippen LogP contribution in [-0.4, -0.2) is 6.21 Å². The third kappa shape index (κ3) is 3.20. The summed E-state index contributed by atoms with van der Waals surface area (Å²) in [4.78, 5) is 4.25. The zero-order valence-corrected chi connectivity index (χ0v) is 10.5. The van der Waals surface area contributed by atoms with Crippen molar-refractivity contribution in [3.8, 4) is 0 Å². The molecule has 0 aliphatic rings. The molecule has 0 atom stereocenters. The molecule has 1 rings (SSSR count). The Morgan fingerprint density at radius 1 is 1.31 bits per heavy atom. The highest BCUT2D eigenvalue weighted by molar-refractivity contribution is 6.10. The number of hydrogen-bond acceptors (Lipinski definition) is 1. The Balaban J connectivity index is 3.10. The maximum absolute atomic E-state index is 4.25. The van der Waals surface area contributed by atoms with Gasteiger partial charge in [-0.3, -0.25) is 4.99 Å². The number of rotatable bonds is 3. The van der Waals surface area contributed by atoms with Gasteiger partial charge >= 0.3 is 0 Å². The van der Waals surface area contributed by atoms with Crippen molar-refractivity contribution in [1.29, 1.82) is 0 Å². The quantitative estimate of drug-likeness (QED) is 0.663. The summed E-state index contributed by atoms with van der Waals surface area (Å²) in [5.41, 5.74) is 5.76. The third-order valence-corrected chi connectivity index (χ3v) is 2.43. The number of allylic oxidation sites excluding steroid dienone is 3. The lowest BCUT2D eigenvalue weighted by Crippen LogP contribution is -1.91. The predicted octanol–water partition coefficient (Wildman–Crippen LogP) is 4.31. The van der Waals surface area contributed by atoms with Crippen molar-refractivity contribution in [2.45, 2.75) is 27.7 Å². The molecule has 0 unspecified atom stereocenters. The summed E-state index contributed by atoms with van der Waals surface area (Å²) in [6.07, 6.45) is 3.95. The van der Waals surface area contributed by atoms with Gasteiger partial charge in [0.1, 0.15) is 0 Å². The number of aryl methyl sites for hydroxylation is 2. The molecule has 0 bridgehead atoms. The van der Waals surface area contributed by atoms with E-state index < -0.39 is 0 Å². The highest BCUT2D eigenvalue weighted by atomic mass is 14.7. The van der Waals surface area contributed by atoms with Gasteiger partial charge in [-0.1, -0.05) is 36.4 Å². The smallest absolute Gasteiger partial charge is 0.0346 e. The van der Waals surface area contributed by atoms with Crippen LogP contribution < -0.4 is 0 Å². The highest BCUT2D eigenvalue weighted by Gasteiger charge is 2.01. The average Bonchev–Trinajstić information content (AvgIpc) is 2.21. The van der Waals surface area contributed by atoms with Crippen LogP contribution in [0, 0.1) is 13.8 Å². The van der Waals surface area contributed by atoms with E-state index in [1.165, 1.54) is 16.7 Å². The largest absolute Gasteiger partial charge is 0.262 e. The summed E-state index contributed by atoms with van der Waals surface area (Å²) in [6.45, 7) is 11.9. The minimum atomic E-state index is 0.823. The van der Waals surface area contributed by atoms with Gasteiger partial charge in [-0.15, -0.1) is 0 Å². The Morgan fingerprint density at radius 3 is 2.50 bits per heavy atom. The molecule has 0 amide bonds. The number of aliphatic imine (C=N–C) groups is 1. The van der Waals surface area contributed by atoms with Gasteiger partial charge in [0.2, 0.25) is 0 Å². The summed E-state index contributed by atoms with van der Waals surface area (Å²) in [6, 6.07) is 6.46. The van der Waals surface area contributed by atoms with Gasteiger partial charge in [0, 0.05) is 11.9 Å². The van der Waals surface area contributed by atoms with Crippen LogP contribution in [0.1, 0.15) is 30.5 Å². The molecule has 1 aromatic carbocycles. The number of hydrogen-bond donors (Lipinski definition) is 0. The van der Waals surface area contributed by atoms with E-state index >= 15 is 0 Å². The SMILES string of the molecule is C=C(C)/N=C\C(=C/C)c1ccc(C)cc1C. The lowest BCUT2D eigenvalue weighted by atomic mass is 9.99. The minimum Gasteiger partial charge on any atom is -0.262 e. The summed E-state index contributed by atoms with van der Waals surface area (Å²) in [5.74, 6) is 0. The molecule has 0 fully saturated rings. The fraction of sp³-hybridized carbons (Fsp3) is 0.267. The van der Waals surface area contributed by atoms with Crippen LogP contribution in [0.4, 0.5) is 0 Å². The Hall–Kier alpha value is -1.63. The summed E-state index contributed by atoms with van der Waals surface area (Å²) in [5, 5.41) is 0. The Bertz CT molecular complexity index is 451. The van der Waals surface area contributed by atoms with E-state index in [0.717, 1.165) is 11.3 Å². The molecular weight excluding hydrogens is 194 g/mol. The van der Waals surface area contributed by atoms with Gasteiger partial charge in [0.25, 0.3) is 0 Å². The molecule has 0 saturated heterocycles. The van der Waals surface area contributed by atoms with E-state index in [9.17, 15) is 0 Å². The van der Waals surface area contributed by atoms with Crippen LogP contribution in [0.2, 0.25) is 0 Å². The number of benzene rings is 1. The van der Waals surface area contributed by atoms with Gasteiger partial charge in [-0.2, -0.15) is 0 Å². The molecule has 0 N–H and O–H groups in total. The van der Waals surface area contributed by atoms with E-state index in [-0.39, 0.29) is 0 Å². The molecule has 0 radical (unpaired) electrons. The fourth-order valence-corrected chi connectivity index (χ4v) is 1.62. The first-order chi connectivity index (χ1) is 7.54. The predicted molar refractivity (Wildman–Crippen MR) is 72.9 cm³/mol. The highest BCUT2D eigenvalue weighted by Crippen LogP contribution is 2.18. The van der Waals surface area contributed by atoms with Gasteiger partial charge in [0.05, 0.1) is 0 Å².